The Labute approximate surface area is 174 Å². The summed E-state index contributed by atoms with van der Waals surface area (Å²) in [4.78, 5) is 13.0. The number of hydrogen-bond donors (Lipinski definition) is 1. The summed E-state index contributed by atoms with van der Waals surface area (Å²) >= 11 is 6.02. The van der Waals surface area contributed by atoms with Crippen LogP contribution in [0.4, 0.5) is 5.82 Å². The van der Waals surface area contributed by atoms with Crippen LogP contribution in [0.5, 0.6) is 0 Å². The Hall–Kier alpha value is -2.96. The van der Waals surface area contributed by atoms with E-state index in [1.807, 2.05) is 35.1 Å². The van der Waals surface area contributed by atoms with Crippen molar-refractivity contribution in [2.75, 3.05) is 31.1 Å². The van der Waals surface area contributed by atoms with Gasteiger partial charge in [-0.15, -0.1) is 0 Å². The van der Waals surface area contributed by atoms with Gasteiger partial charge < -0.3 is 9.80 Å². The zero-order valence-electron chi connectivity index (χ0n) is 16.0. The first-order valence-corrected chi connectivity index (χ1v) is 10.2. The SMILES string of the molecule is Clc1ccc(-n2ncc3c(N4CC[NH+](Cc5ccccc5)CC4)ncnc32)cc1. The number of anilines is 1. The first-order chi connectivity index (χ1) is 14.3. The molecule has 1 aliphatic rings. The quantitative estimate of drug-likeness (QED) is 0.566. The number of piperazine rings is 1. The summed E-state index contributed by atoms with van der Waals surface area (Å²) in [6.07, 6.45) is 3.50. The second-order valence-corrected chi connectivity index (χ2v) is 7.80. The van der Waals surface area contributed by atoms with Crippen LogP contribution in [0, 0.1) is 0 Å². The third-order valence-electron chi connectivity index (χ3n) is 5.48. The number of nitrogens with one attached hydrogen (secondary N) is 1. The number of hydrogen-bond acceptors (Lipinski definition) is 4. The molecule has 29 heavy (non-hydrogen) atoms. The van der Waals surface area contributed by atoms with Crippen LogP contribution in [0.25, 0.3) is 16.7 Å². The lowest BCUT2D eigenvalue weighted by atomic mass is 10.2. The van der Waals surface area contributed by atoms with Gasteiger partial charge >= 0.3 is 0 Å². The van der Waals surface area contributed by atoms with Gasteiger partial charge in [0.15, 0.2) is 5.65 Å². The van der Waals surface area contributed by atoms with Crippen molar-refractivity contribution in [2.45, 2.75) is 6.54 Å². The maximum atomic E-state index is 6.02. The fourth-order valence-corrected chi connectivity index (χ4v) is 4.08. The fourth-order valence-electron chi connectivity index (χ4n) is 3.95. The Morgan fingerprint density at radius 1 is 0.931 bits per heavy atom. The summed E-state index contributed by atoms with van der Waals surface area (Å²) in [5.74, 6) is 0.967. The molecular formula is C22H22ClN6+. The highest BCUT2D eigenvalue weighted by Crippen LogP contribution is 2.25. The van der Waals surface area contributed by atoms with Crippen LogP contribution >= 0.6 is 11.6 Å². The van der Waals surface area contributed by atoms with Crippen molar-refractivity contribution < 1.29 is 4.90 Å². The Morgan fingerprint density at radius 3 is 2.45 bits per heavy atom. The molecule has 4 aromatic rings. The molecule has 0 unspecified atom stereocenters. The number of nitrogens with zero attached hydrogens (tertiary/aromatic N) is 5. The molecule has 5 rings (SSSR count). The molecule has 7 heteroatoms. The van der Waals surface area contributed by atoms with E-state index < -0.39 is 0 Å². The van der Waals surface area contributed by atoms with Crippen molar-refractivity contribution in [2.24, 2.45) is 0 Å². The van der Waals surface area contributed by atoms with Crippen molar-refractivity contribution >= 4 is 28.5 Å². The van der Waals surface area contributed by atoms with E-state index in [9.17, 15) is 0 Å². The summed E-state index contributed by atoms with van der Waals surface area (Å²) in [6.45, 7) is 5.20. The summed E-state index contributed by atoms with van der Waals surface area (Å²) in [7, 11) is 0. The molecule has 1 fully saturated rings. The second-order valence-electron chi connectivity index (χ2n) is 7.37. The molecule has 0 radical (unpaired) electrons. The number of benzene rings is 2. The van der Waals surface area contributed by atoms with E-state index in [1.165, 1.54) is 5.56 Å². The lowest BCUT2D eigenvalue weighted by molar-refractivity contribution is -0.914. The topological polar surface area (TPSA) is 51.3 Å². The van der Waals surface area contributed by atoms with Crippen LogP contribution in [0.15, 0.2) is 67.1 Å². The molecule has 1 saturated heterocycles. The van der Waals surface area contributed by atoms with Gasteiger partial charge in [-0.2, -0.15) is 5.10 Å². The number of rotatable bonds is 4. The van der Waals surface area contributed by atoms with Crippen LogP contribution in [0.2, 0.25) is 5.02 Å². The van der Waals surface area contributed by atoms with Gasteiger partial charge in [0, 0.05) is 10.6 Å². The smallest absolute Gasteiger partial charge is 0.168 e. The standard InChI is InChI=1S/C22H21ClN6/c23-18-6-8-19(9-7-18)29-22-20(14-26-29)21(24-16-25-22)28-12-10-27(11-13-28)15-17-4-2-1-3-5-17/h1-9,14,16H,10-13,15H2/p+1. The van der Waals surface area contributed by atoms with Gasteiger partial charge in [0.1, 0.15) is 18.7 Å². The molecule has 2 aromatic carbocycles. The number of quaternary nitrogens is 1. The van der Waals surface area contributed by atoms with Crippen LogP contribution in [-0.4, -0.2) is 45.9 Å². The Kier molecular flexibility index (Phi) is 4.87. The normalized spacial score (nSPS) is 15.1. The molecule has 0 atom stereocenters. The maximum absolute atomic E-state index is 6.02. The minimum Gasteiger partial charge on any atom is -0.345 e. The van der Waals surface area contributed by atoms with Crippen molar-refractivity contribution in [3.05, 3.63) is 77.7 Å². The van der Waals surface area contributed by atoms with E-state index in [0.717, 1.165) is 55.3 Å². The number of halogens is 1. The zero-order chi connectivity index (χ0) is 19.6. The van der Waals surface area contributed by atoms with Gasteiger partial charge in [-0.25, -0.2) is 14.6 Å². The second kappa shape index (κ2) is 7.81. The van der Waals surface area contributed by atoms with Crippen molar-refractivity contribution in [3.63, 3.8) is 0 Å². The van der Waals surface area contributed by atoms with E-state index in [0.29, 0.717) is 5.02 Å². The van der Waals surface area contributed by atoms with E-state index in [4.69, 9.17) is 11.6 Å². The van der Waals surface area contributed by atoms with Crippen LogP contribution in [0.3, 0.4) is 0 Å². The highest BCUT2D eigenvalue weighted by Gasteiger charge is 2.23. The highest BCUT2D eigenvalue weighted by atomic mass is 35.5. The van der Waals surface area contributed by atoms with Crippen LogP contribution < -0.4 is 9.80 Å². The largest absolute Gasteiger partial charge is 0.345 e. The average molecular weight is 406 g/mol. The maximum Gasteiger partial charge on any atom is 0.168 e. The lowest BCUT2D eigenvalue weighted by Gasteiger charge is -2.33. The third-order valence-corrected chi connectivity index (χ3v) is 5.73. The summed E-state index contributed by atoms with van der Waals surface area (Å²) in [5, 5.41) is 6.25. The first-order valence-electron chi connectivity index (χ1n) is 9.85. The molecular weight excluding hydrogens is 384 g/mol. The van der Waals surface area contributed by atoms with E-state index in [1.54, 1.807) is 11.2 Å². The van der Waals surface area contributed by atoms with Gasteiger partial charge in [-0.1, -0.05) is 41.9 Å². The summed E-state index contributed by atoms with van der Waals surface area (Å²) in [5.41, 5.74) is 3.15. The molecule has 0 saturated carbocycles. The monoisotopic (exact) mass is 405 g/mol. The Bertz CT molecular complexity index is 1100. The molecule has 3 heterocycles. The molecule has 6 nitrogen and oxygen atoms in total. The third kappa shape index (κ3) is 3.69. The number of aromatic nitrogens is 4. The van der Waals surface area contributed by atoms with Gasteiger partial charge in [0.05, 0.1) is 43.4 Å². The minimum atomic E-state index is 0.705. The van der Waals surface area contributed by atoms with Gasteiger partial charge in [0.25, 0.3) is 0 Å². The van der Waals surface area contributed by atoms with Crippen molar-refractivity contribution in [1.29, 1.82) is 0 Å². The molecule has 146 valence electrons. The molecule has 2 aromatic heterocycles. The van der Waals surface area contributed by atoms with Crippen molar-refractivity contribution in [3.8, 4) is 5.69 Å². The number of fused-ring (bicyclic) bond motifs is 1. The van der Waals surface area contributed by atoms with Gasteiger partial charge in [-0.3, -0.25) is 0 Å². The molecule has 0 aliphatic carbocycles. The molecule has 1 aliphatic heterocycles. The predicted molar refractivity (Wildman–Crippen MR) is 115 cm³/mol. The lowest BCUT2D eigenvalue weighted by Crippen LogP contribution is -3.13. The molecule has 0 spiro atoms. The van der Waals surface area contributed by atoms with E-state index >= 15 is 0 Å². The molecule has 1 N–H and O–H groups in total. The van der Waals surface area contributed by atoms with Crippen molar-refractivity contribution in [1.82, 2.24) is 19.7 Å². The van der Waals surface area contributed by atoms with E-state index in [2.05, 4.69) is 50.3 Å². The Balaban J connectivity index is 1.35. The first kappa shape index (κ1) is 18.1. The van der Waals surface area contributed by atoms with Crippen LogP contribution in [0.1, 0.15) is 5.56 Å². The summed E-state index contributed by atoms with van der Waals surface area (Å²) in [6, 6.07) is 18.3. The zero-order valence-corrected chi connectivity index (χ0v) is 16.8. The molecule has 0 amide bonds. The van der Waals surface area contributed by atoms with Gasteiger partial charge in [0.2, 0.25) is 0 Å². The molecule has 0 bridgehead atoms. The Morgan fingerprint density at radius 2 is 1.69 bits per heavy atom. The predicted octanol–water partition coefficient (Wildman–Crippen LogP) is 2.37. The summed E-state index contributed by atoms with van der Waals surface area (Å²) < 4.78 is 1.84. The highest BCUT2D eigenvalue weighted by molar-refractivity contribution is 6.30. The van der Waals surface area contributed by atoms with E-state index in [-0.39, 0.29) is 0 Å². The van der Waals surface area contributed by atoms with Gasteiger partial charge in [-0.05, 0) is 24.3 Å². The fraction of sp³-hybridized carbons (Fsp3) is 0.227. The minimum absolute atomic E-state index is 0.705. The average Bonchev–Trinajstić information content (AvgIpc) is 3.20. The van der Waals surface area contributed by atoms with Crippen LogP contribution in [-0.2, 0) is 6.54 Å².